The van der Waals surface area contributed by atoms with Crippen molar-refractivity contribution in [1.29, 1.82) is 0 Å². The lowest BCUT2D eigenvalue weighted by atomic mass is 9.92. The van der Waals surface area contributed by atoms with Crippen LogP contribution in [0.3, 0.4) is 0 Å². The quantitative estimate of drug-likeness (QED) is 0.211. The fraction of sp³-hybridized carbons (Fsp3) is 0.640. The number of ketones is 1. The summed E-state index contributed by atoms with van der Waals surface area (Å²) in [5.41, 5.74) is -0.00452. The SMILES string of the molecule is C/C=C1\NC(=O)C2CSSCC/C=C/[C@H](CC(=O)N[C@@H](C(C)C)C(=O)C2)OC(=O)[C@H](C(C)C)NC1=O. The van der Waals surface area contributed by atoms with Gasteiger partial charge in [-0.3, -0.25) is 19.2 Å². The molecule has 0 aliphatic carbocycles. The molecule has 0 spiro atoms. The molecule has 2 heterocycles. The van der Waals surface area contributed by atoms with Crippen LogP contribution in [-0.4, -0.2) is 59.2 Å². The van der Waals surface area contributed by atoms with Gasteiger partial charge in [0.05, 0.1) is 18.4 Å². The van der Waals surface area contributed by atoms with Gasteiger partial charge in [0.25, 0.3) is 5.91 Å². The molecule has 1 saturated heterocycles. The average molecular weight is 540 g/mol. The largest absolute Gasteiger partial charge is 0.456 e. The topological polar surface area (TPSA) is 131 Å². The van der Waals surface area contributed by atoms with Crippen molar-refractivity contribution in [2.24, 2.45) is 17.8 Å². The lowest BCUT2D eigenvalue weighted by Crippen LogP contribution is -2.50. The summed E-state index contributed by atoms with van der Waals surface area (Å²) in [6, 6.07) is -1.78. The molecule has 2 aliphatic rings. The third kappa shape index (κ3) is 8.99. The van der Waals surface area contributed by atoms with Crippen LogP contribution < -0.4 is 16.0 Å². The molecular formula is C25H37N3O6S2. The first-order chi connectivity index (χ1) is 17.0. The van der Waals surface area contributed by atoms with E-state index in [2.05, 4.69) is 16.0 Å². The third-order valence-corrected chi connectivity index (χ3v) is 8.39. The average Bonchev–Trinajstić information content (AvgIpc) is 2.81. The van der Waals surface area contributed by atoms with Crippen molar-refractivity contribution in [1.82, 2.24) is 16.0 Å². The van der Waals surface area contributed by atoms with E-state index in [-0.39, 0.29) is 36.2 Å². The van der Waals surface area contributed by atoms with Gasteiger partial charge in [-0.25, -0.2) is 4.79 Å². The van der Waals surface area contributed by atoms with Gasteiger partial charge in [0, 0.05) is 17.9 Å². The molecule has 36 heavy (non-hydrogen) atoms. The molecule has 9 nitrogen and oxygen atoms in total. The number of nitrogens with one attached hydrogen (secondary N) is 3. The minimum atomic E-state index is -0.987. The van der Waals surface area contributed by atoms with Crippen LogP contribution in [0.5, 0.6) is 0 Å². The standard InChI is InChI=1S/C25H37N3O6S2/c1-6-18-24(32)28-22(15(4)5)25(33)34-17-9-7-8-10-35-36-13-16(23(31)26-18)11-19(29)21(14(2)3)27-20(30)12-17/h6-7,9,14-17,21-22H,8,10-13H2,1-5H3,(H,26,31)(H,27,30)(H,28,32)/b9-7+,18-6-/t16?,17-,21+,22+/m1/s1. The zero-order valence-corrected chi connectivity index (χ0v) is 23.1. The van der Waals surface area contributed by atoms with Crippen molar-refractivity contribution in [3.8, 4) is 0 Å². The number of amides is 3. The van der Waals surface area contributed by atoms with Gasteiger partial charge in [0.1, 0.15) is 17.8 Å². The summed E-state index contributed by atoms with van der Waals surface area (Å²) in [6.45, 7) is 8.78. The van der Waals surface area contributed by atoms with E-state index in [4.69, 9.17) is 4.74 Å². The highest BCUT2D eigenvalue weighted by Crippen LogP contribution is 2.27. The molecule has 2 rings (SSSR count). The Labute approximate surface area is 220 Å². The molecule has 3 N–H and O–H groups in total. The molecule has 11 heteroatoms. The molecule has 3 amide bonds. The Hall–Kier alpha value is -2.27. The number of carbonyl (C=O) groups is 5. The Bertz CT molecular complexity index is 902. The zero-order valence-electron chi connectivity index (χ0n) is 21.5. The smallest absolute Gasteiger partial charge is 0.329 e. The summed E-state index contributed by atoms with van der Waals surface area (Å²) in [6.07, 6.45) is 4.56. The second-order valence-electron chi connectivity index (χ2n) is 9.55. The predicted molar refractivity (Wildman–Crippen MR) is 142 cm³/mol. The molecule has 0 aromatic rings. The Morgan fingerprint density at radius 3 is 2.31 bits per heavy atom. The van der Waals surface area contributed by atoms with Crippen molar-refractivity contribution in [2.75, 3.05) is 11.5 Å². The minimum Gasteiger partial charge on any atom is -0.456 e. The van der Waals surface area contributed by atoms with Crippen molar-refractivity contribution in [3.05, 3.63) is 23.9 Å². The lowest BCUT2D eigenvalue weighted by molar-refractivity contribution is -0.153. The van der Waals surface area contributed by atoms with Gasteiger partial charge in [-0.1, -0.05) is 61.4 Å². The maximum atomic E-state index is 13.2. The summed E-state index contributed by atoms with van der Waals surface area (Å²) < 4.78 is 5.67. The van der Waals surface area contributed by atoms with E-state index in [9.17, 15) is 24.0 Å². The molecular weight excluding hydrogens is 502 g/mol. The van der Waals surface area contributed by atoms with E-state index in [0.29, 0.717) is 12.2 Å². The first-order valence-corrected chi connectivity index (χ1v) is 14.7. The van der Waals surface area contributed by atoms with E-state index in [1.807, 2.05) is 19.9 Å². The number of esters is 1. The maximum Gasteiger partial charge on any atom is 0.329 e. The van der Waals surface area contributed by atoms with Crippen LogP contribution in [0, 0.1) is 17.8 Å². The second-order valence-corrected chi connectivity index (χ2v) is 12.2. The van der Waals surface area contributed by atoms with Crippen LogP contribution in [0.15, 0.2) is 23.9 Å². The van der Waals surface area contributed by atoms with Gasteiger partial charge >= 0.3 is 5.97 Å². The normalized spacial score (nSPS) is 29.9. The highest BCUT2D eigenvalue weighted by Gasteiger charge is 2.33. The summed E-state index contributed by atoms with van der Waals surface area (Å²) in [7, 11) is 3.05. The van der Waals surface area contributed by atoms with E-state index in [1.165, 1.54) is 16.9 Å². The summed E-state index contributed by atoms with van der Waals surface area (Å²) in [5.74, 6) is -2.59. The van der Waals surface area contributed by atoms with E-state index < -0.39 is 47.8 Å². The van der Waals surface area contributed by atoms with Gasteiger partial charge < -0.3 is 20.7 Å². The van der Waals surface area contributed by atoms with Crippen LogP contribution in [0.1, 0.15) is 53.9 Å². The number of allylic oxidation sites excluding steroid dienone is 2. The van der Waals surface area contributed by atoms with E-state index >= 15 is 0 Å². The highest BCUT2D eigenvalue weighted by molar-refractivity contribution is 8.76. The fourth-order valence-corrected chi connectivity index (χ4v) is 6.07. The summed E-state index contributed by atoms with van der Waals surface area (Å²) >= 11 is 0. The Morgan fingerprint density at radius 1 is 0.972 bits per heavy atom. The number of ether oxygens (including phenoxy) is 1. The number of Topliss-reactive ketones (excluding diaryl/α,β-unsaturated/α-hetero) is 1. The van der Waals surface area contributed by atoms with Gasteiger partial charge in [-0.05, 0) is 31.3 Å². The molecule has 1 fully saturated rings. The summed E-state index contributed by atoms with van der Waals surface area (Å²) in [5, 5.41) is 8.08. The van der Waals surface area contributed by atoms with Crippen molar-refractivity contribution < 1.29 is 28.7 Å². The molecule has 2 aliphatic heterocycles. The van der Waals surface area contributed by atoms with Crippen molar-refractivity contribution in [2.45, 2.75) is 72.1 Å². The minimum absolute atomic E-state index is 0.00452. The maximum absolute atomic E-state index is 13.2. The first kappa shape index (κ1) is 30.0. The van der Waals surface area contributed by atoms with Crippen LogP contribution in [0.4, 0.5) is 0 Å². The third-order valence-electron chi connectivity index (χ3n) is 5.87. The predicted octanol–water partition coefficient (Wildman–Crippen LogP) is 2.52. The number of rotatable bonds is 2. The lowest BCUT2D eigenvalue weighted by Gasteiger charge is -2.27. The highest BCUT2D eigenvalue weighted by atomic mass is 33.1. The Kier molecular flexibility index (Phi) is 12.0. The fourth-order valence-electron chi connectivity index (χ4n) is 3.77. The molecule has 0 saturated carbocycles. The zero-order chi connectivity index (χ0) is 26.8. The number of fused-ring (bicyclic) bond motifs is 7. The molecule has 0 aromatic heterocycles. The molecule has 0 radical (unpaired) electrons. The summed E-state index contributed by atoms with van der Waals surface area (Å²) in [4.78, 5) is 65.4. The number of carbonyl (C=O) groups excluding carboxylic acids is 5. The number of hydrogen-bond acceptors (Lipinski definition) is 8. The van der Waals surface area contributed by atoms with E-state index in [0.717, 1.165) is 5.75 Å². The van der Waals surface area contributed by atoms with Crippen LogP contribution >= 0.6 is 21.6 Å². The van der Waals surface area contributed by atoms with Crippen LogP contribution in [0.25, 0.3) is 0 Å². The monoisotopic (exact) mass is 539 g/mol. The molecule has 4 atom stereocenters. The van der Waals surface area contributed by atoms with Gasteiger partial charge in [-0.15, -0.1) is 0 Å². The van der Waals surface area contributed by atoms with Crippen molar-refractivity contribution >= 4 is 51.1 Å². The van der Waals surface area contributed by atoms with Crippen LogP contribution in [-0.2, 0) is 28.7 Å². The van der Waals surface area contributed by atoms with Gasteiger partial charge in [-0.2, -0.15) is 0 Å². The second kappa shape index (κ2) is 14.5. The van der Waals surface area contributed by atoms with Gasteiger partial charge in [0.15, 0.2) is 5.78 Å². The molecule has 2 bridgehead atoms. The molecule has 1 unspecified atom stereocenters. The van der Waals surface area contributed by atoms with Crippen molar-refractivity contribution in [3.63, 3.8) is 0 Å². The molecule has 0 aromatic carbocycles. The first-order valence-electron chi connectivity index (χ1n) is 12.2. The molecule has 200 valence electrons. The van der Waals surface area contributed by atoms with Crippen LogP contribution in [0.2, 0.25) is 0 Å². The Balaban J connectivity index is 2.55. The Morgan fingerprint density at radius 2 is 1.67 bits per heavy atom. The van der Waals surface area contributed by atoms with Gasteiger partial charge in [0.2, 0.25) is 11.8 Å². The number of hydrogen-bond donors (Lipinski definition) is 3. The van der Waals surface area contributed by atoms with E-state index in [1.54, 1.807) is 37.6 Å².